The molecule has 7 heteroatoms. The number of benzene rings is 1. The number of hydrogen-bond donors (Lipinski definition) is 2. The Labute approximate surface area is 139 Å². The first kappa shape index (κ1) is 18.2. The summed E-state index contributed by atoms with van der Waals surface area (Å²) in [5.41, 5.74) is 0.645. The van der Waals surface area contributed by atoms with Crippen molar-refractivity contribution in [3.05, 3.63) is 29.8 Å². The number of carbonyl (C=O) groups is 2. The van der Waals surface area contributed by atoms with Crippen LogP contribution in [0.15, 0.2) is 24.3 Å². The van der Waals surface area contributed by atoms with E-state index in [2.05, 4.69) is 10.1 Å². The van der Waals surface area contributed by atoms with E-state index in [1.54, 1.807) is 19.1 Å². The minimum Gasteiger partial charge on any atom is -0.481 e. The second-order valence-electron chi connectivity index (χ2n) is 6.08. The number of nitrogens with one attached hydrogen (secondary N) is 1. The van der Waals surface area contributed by atoms with Gasteiger partial charge in [0, 0.05) is 5.92 Å². The average molecular weight is 341 g/mol. The van der Waals surface area contributed by atoms with E-state index in [4.69, 9.17) is 5.11 Å². The molecule has 1 aromatic carbocycles. The first-order valence-electron chi connectivity index (χ1n) is 7.94. The minimum atomic E-state index is -2.90. The Morgan fingerprint density at radius 2 is 2.00 bits per heavy atom. The number of carbonyl (C=O) groups excluding carboxylic acids is 1. The van der Waals surface area contributed by atoms with Crippen LogP contribution in [-0.4, -0.2) is 23.6 Å². The van der Waals surface area contributed by atoms with E-state index < -0.39 is 18.5 Å². The molecule has 0 bridgehead atoms. The van der Waals surface area contributed by atoms with Crippen molar-refractivity contribution >= 4 is 11.9 Å². The van der Waals surface area contributed by atoms with Crippen molar-refractivity contribution in [2.45, 2.75) is 45.3 Å². The topological polar surface area (TPSA) is 75.6 Å². The predicted octanol–water partition coefficient (Wildman–Crippen LogP) is 3.36. The van der Waals surface area contributed by atoms with E-state index in [0.717, 1.165) is 0 Å². The maximum atomic E-state index is 12.4. The molecular formula is C17H21F2NO4. The normalized spacial score (nSPS) is 22.0. The molecule has 0 saturated heterocycles. The molecule has 1 aromatic rings. The predicted molar refractivity (Wildman–Crippen MR) is 82.7 cm³/mol. The first-order chi connectivity index (χ1) is 11.4. The van der Waals surface area contributed by atoms with Crippen LogP contribution in [0.3, 0.4) is 0 Å². The lowest BCUT2D eigenvalue weighted by molar-refractivity contribution is -0.144. The van der Waals surface area contributed by atoms with Gasteiger partial charge in [-0.3, -0.25) is 9.59 Å². The molecule has 2 N–H and O–H groups in total. The van der Waals surface area contributed by atoms with Gasteiger partial charge in [-0.05, 0) is 43.9 Å². The van der Waals surface area contributed by atoms with Gasteiger partial charge >= 0.3 is 12.6 Å². The molecule has 1 saturated carbocycles. The van der Waals surface area contributed by atoms with Crippen LogP contribution in [0.5, 0.6) is 5.75 Å². The zero-order valence-electron chi connectivity index (χ0n) is 13.4. The van der Waals surface area contributed by atoms with Crippen molar-refractivity contribution in [3.8, 4) is 5.75 Å². The van der Waals surface area contributed by atoms with Crippen LogP contribution in [0.4, 0.5) is 8.78 Å². The Morgan fingerprint density at radius 1 is 1.29 bits per heavy atom. The molecular weight excluding hydrogens is 320 g/mol. The highest BCUT2D eigenvalue weighted by Gasteiger charge is 2.31. The fourth-order valence-electron chi connectivity index (χ4n) is 3.03. The van der Waals surface area contributed by atoms with Crippen molar-refractivity contribution in [1.29, 1.82) is 0 Å². The van der Waals surface area contributed by atoms with Crippen LogP contribution >= 0.6 is 0 Å². The largest absolute Gasteiger partial charge is 0.481 e. The van der Waals surface area contributed by atoms with Gasteiger partial charge in [0.15, 0.2) is 0 Å². The molecule has 1 aliphatic rings. The quantitative estimate of drug-likeness (QED) is 0.832. The van der Waals surface area contributed by atoms with E-state index in [1.807, 2.05) is 0 Å². The van der Waals surface area contributed by atoms with Crippen molar-refractivity contribution in [1.82, 2.24) is 5.32 Å². The number of alkyl halides is 2. The molecule has 0 aromatic heterocycles. The number of rotatable bonds is 6. The summed E-state index contributed by atoms with van der Waals surface area (Å²) in [4.78, 5) is 23.4. The van der Waals surface area contributed by atoms with Gasteiger partial charge in [-0.25, -0.2) is 0 Å². The van der Waals surface area contributed by atoms with Gasteiger partial charge in [-0.2, -0.15) is 8.78 Å². The fraction of sp³-hybridized carbons (Fsp3) is 0.529. The van der Waals surface area contributed by atoms with Crippen LogP contribution < -0.4 is 10.1 Å². The smallest absolute Gasteiger partial charge is 0.387 e. The molecule has 1 fully saturated rings. The van der Waals surface area contributed by atoms with E-state index in [9.17, 15) is 18.4 Å². The minimum absolute atomic E-state index is 0.0345. The second-order valence-corrected chi connectivity index (χ2v) is 6.08. The summed E-state index contributed by atoms with van der Waals surface area (Å²) in [5, 5.41) is 11.9. The van der Waals surface area contributed by atoms with Crippen LogP contribution in [0.2, 0.25) is 0 Å². The maximum Gasteiger partial charge on any atom is 0.387 e. The zero-order chi connectivity index (χ0) is 17.7. The SMILES string of the molecule is CC(NC(=O)C1CCCC(C(=O)O)C1)c1cccc(OC(F)F)c1. The van der Waals surface area contributed by atoms with E-state index in [1.165, 1.54) is 12.1 Å². The molecule has 3 atom stereocenters. The average Bonchev–Trinajstić information content (AvgIpc) is 2.54. The molecule has 0 heterocycles. The van der Waals surface area contributed by atoms with E-state index in [0.29, 0.717) is 31.2 Å². The molecule has 1 aliphatic carbocycles. The number of carboxylic acid groups (broad SMARTS) is 1. The van der Waals surface area contributed by atoms with E-state index in [-0.39, 0.29) is 23.6 Å². The lowest BCUT2D eigenvalue weighted by Crippen LogP contribution is -2.36. The zero-order valence-corrected chi connectivity index (χ0v) is 13.4. The van der Waals surface area contributed by atoms with Gasteiger partial charge in [0.05, 0.1) is 12.0 Å². The fourth-order valence-corrected chi connectivity index (χ4v) is 3.03. The van der Waals surface area contributed by atoms with Gasteiger partial charge in [-0.15, -0.1) is 0 Å². The molecule has 1 amide bonds. The Kier molecular flexibility index (Phi) is 6.11. The number of carboxylic acids is 1. The third kappa shape index (κ3) is 4.91. The van der Waals surface area contributed by atoms with Crippen LogP contribution in [0.1, 0.15) is 44.2 Å². The van der Waals surface area contributed by atoms with Gasteiger partial charge in [-0.1, -0.05) is 18.6 Å². The van der Waals surface area contributed by atoms with Crippen molar-refractivity contribution in [2.75, 3.05) is 0 Å². The molecule has 3 unspecified atom stereocenters. The Hall–Kier alpha value is -2.18. The molecule has 0 spiro atoms. The molecule has 0 radical (unpaired) electrons. The summed E-state index contributed by atoms with van der Waals surface area (Å²) < 4.78 is 28.9. The monoisotopic (exact) mass is 341 g/mol. The third-order valence-corrected chi connectivity index (χ3v) is 4.34. The standard InChI is InChI=1S/C17H21F2NO4/c1-10(11-4-3-7-14(9-11)24-17(18)19)20-15(21)12-5-2-6-13(8-12)16(22)23/h3-4,7,9-10,12-13,17H,2,5-6,8H2,1H3,(H,20,21)(H,22,23). The van der Waals surface area contributed by atoms with Crippen molar-refractivity contribution in [2.24, 2.45) is 11.8 Å². The van der Waals surface area contributed by atoms with Crippen LogP contribution in [0.25, 0.3) is 0 Å². The molecule has 24 heavy (non-hydrogen) atoms. The van der Waals surface area contributed by atoms with Gasteiger partial charge < -0.3 is 15.2 Å². The van der Waals surface area contributed by atoms with Gasteiger partial charge in [0.2, 0.25) is 5.91 Å². The lowest BCUT2D eigenvalue weighted by atomic mass is 9.81. The summed E-state index contributed by atoms with van der Waals surface area (Å²) in [6.45, 7) is -1.16. The van der Waals surface area contributed by atoms with Crippen molar-refractivity contribution in [3.63, 3.8) is 0 Å². The Balaban J connectivity index is 1.97. The Bertz CT molecular complexity index is 594. The van der Waals surface area contributed by atoms with E-state index >= 15 is 0 Å². The highest BCUT2D eigenvalue weighted by molar-refractivity contribution is 5.80. The highest BCUT2D eigenvalue weighted by Crippen LogP contribution is 2.30. The number of halogens is 2. The number of aliphatic carboxylic acids is 1. The van der Waals surface area contributed by atoms with Crippen molar-refractivity contribution < 1.29 is 28.2 Å². The molecule has 2 rings (SSSR count). The third-order valence-electron chi connectivity index (χ3n) is 4.34. The summed E-state index contributed by atoms with van der Waals surface area (Å²) in [5.74, 6) is -1.84. The van der Waals surface area contributed by atoms with Crippen LogP contribution in [0, 0.1) is 11.8 Å². The number of ether oxygens (including phenoxy) is 1. The number of hydrogen-bond acceptors (Lipinski definition) is 3. The first-order valence-corrected chi connectivity index (χ1v) is 7.94. The molecule has 5 nitrogen and oxygen atoms in total. The van der Waals surface area contributed by atoms with Gasteiger partial charge in [0.25, 0.3) is 0 Å². The summed E-state index contributed by atoms with van der Waals surface area (Å²) in [6.07, 6.45) is 2.31. The second kappa shape index (κ2) is 8.08. The summed E-state index contributed by atoms with van der Waals surface area (Å²) in [7, 11) is 0. The lowest BCUT2D eigenvalue weighted by Gasteiger charge is -2.27. The molecule has 0 aliphatic heterocycles. The Morgan fingerprint density at radius 3 is 2.67 bits per heavy atom. The number of amides is 1. The summed E-state index contributed by atoms with van der Waals surface area (Å²) in [6, 6.07) is 5.78. The maximum absolute atomic E-state index is 12.4. The van der Waals surface area contributed by atoms with Gasteiger partial charge in [0.1, 0.15) is 5.75 Å². The van der Waals surface area contributed by atoms with Crippen LogP contribution in [-0.2, 0) is 9.59 Å². The highest BCUT2D eigenvalue weighted by atomic mass is 19.3. The summed E-state index contributed by atoms with van der Waals surface area (Å²) >= 11 is 0. The molecule has 132 valence electrons.